The van der Waals surface area contributed by atoms with Crippen molar-refractivity contribution in [1.82, 2.24) is 0 Å². The topological polar surface area (TPSA) is 66.8 Å². The number of aryl methyl sites for hydroxylation is 1. The minimum atomic E-state index is -3.02. The van der Waals surface area contributed by atoms with Gasteiger partial charge in [-0.05, 0) is 31.4 Å². The Morgan fingerprint density at radius 1 is 1.26 bits per heavy atom. The molecule has 122 valence electrons. The monoisotopic (exact) mass is 350 g/mol. The molecular formula is C16H18N2O3S2. The van der Waals surface area contributed by atoms with Crippen LogP contribution in [0.2, 0.25) is 0 Å². The van der Waals surface area contributed by atoms with E-state index in [9.17, 15) is 13.2 Å². The van der Waals surface area contributed by atoms with Crippen molar-refractivity contribution in [3.63, 3.8) is 0 Å². The van der Waals surface area contributed by atoms with E-state index in [-0.39, 0.29) is 34.6 Å². The molecule has 2 aliphatic heterocycles. The highest BCUT2D eigenvalue weighted by molar-refractivity contribution is 8.16. The molecule has 7 heteroatoms. The van der Waals surface area contributed by atoms with Crippen molar-refractivity contribution >= 4 is 38.4 Å². The van der Waals surface area contributed by atoms with Crippen molar-refractivity contribution in [3.05, 3.63) is 29.8 Å². The molecule has 5 nitrogen and oxygen atoms in total. The van der Waals surface area contributed by atoms with Gasteiger partial charge in [0.2, 0.25) is 0 Å². The lowest BCUT2D eigenvalue weighted by Crippen LogP contribution is -2.38. The first-order valence-corrected chi connectivity index (χ1v) is 10.5. The largest absolute Gasteiger partial charge is 0.315 e. The quantitative estimate of drug-likeness (QED) is 0.816. The zero-order valence-electron chi connectivity index (χ0n) is 12.8. The smallest absolute Gasteiger partial charge is 0.251 e. The van der Waals surface area contributed by atoms with Crippen LogP contribution >= 0.6 is 11.8 Å². The minimum Gasteiger partial charge on any atom is -0.315 e. The van der Waals surface area contributed by atoms with Gasteiger partial charge in [0.25, 0.3) is 5.91 Å². The van der Waals surface area contributed by atoms with Crippen LogP contribution in [0.5, 0.6) is 0 Å². The number of anilines is 1. The summed E-state index contributed by atoms with van der Waals surface area (Å²) in [7, 11) is -3.02. The van der Waals surface area contributed by atoms with Crippen molar-refractivity contribution < 1.29 is 13.2 Å². The Hall–Kier alpha value is -1.34. The molecule has 1 saturated carbocycles. The van der Waals surface area contributed by atoms with Gasteiger partial charge in [-0.2, -0.15) is 4.99 Å². The summed E-state index contributed by atoms with van der Waals surface area (Å²) in [5, 5.41) is 0.631. The number of carbonyl (C=O) groups excluding carboxylic acids is 1. The molecule has 2 saturated heterocycles. The second kappa shape index (κ2) is 5.34. The average molecular weight is 350 g/mol. The van der Waals surface area contributed by atoms with Crippen molar-refractivity contribution in [3.8, 4) is 0 Å². The van der Waals surface area contributed by atoms with E-state index in [1.54, 1.807) is 0 Å². The van der Waals surface area contributed by atoms with E-state index in [1.165, 1.54) is 11.8 Å². The van der Waals surface area contributed by atoms with Gasteiger partial charge >= 0.3 is 0 Å². The van der Waals surface area contributed by atoms with E-state index in [1.807, 2.05) is 36.1 Å². The number of nitrogens with zero attached hydrogens (tertiary/aromatic N) is 2. The van der Waals surface area contributed by atoms with Gasteiger partial charge in [0.05, 0.1) is 17.5 Å². The number of hydrogen-bond donors (Lipinski definition) is 0. The van der Waals surface area contributed by atoms with E-state index in [0.717, 1.165) is 24.1 Å². The van der Waals surface area contributed by atoms with Crippen molar-refractivity contribution in [1.29, 1.82) is 0 Å². The third-order valence-corrected chi connectivity index (χ3v) is 7.78. The van der Waals surface area contributed by atoms with Crippen LogP contribution < -0.4 is 4.90 Å². The van der Waals surface area contributed by atoms with Gasteiger partial charge in [-0.25, -0.2) is 8.42 Å². The number of para-hydroxylation sites is 1. The Kier molecular flexibility index (Phi) is 3.53. The molecule has 2 heterocycles. The molecule has 1 aliphatic carbocycles. The predicted octanol–water partition coefficient (Wildman–Crippen LogP) is 2.01. The van der Waals surface area contributed by atoms with E-state index >= 15 is 0 Å². The van der Waals surface area contributed by atoms with Crippen molar-refractivity contribution in [2.75, 3.05) is 16.4 Å². The first-order chi connectivity index (χ1) is 10.9. The number of fused-ring (bicyclic) bond motifs is 1. The number of benzene rings is 1. The fourth-order valence-electron chi connectivity index (χ4n) is 3.20. The van der Waals surface area contributed by atoms with Crippen LogP contribution in [0.4, 0.5) is 5.69 Å². The summed E-state index contributed by atoms with van der Waals surface area (Å²) in [6, 6.07) is 7.73. The van der Waals surface area contributed by atoms with Gasteiger partial charge in [0.1, 0.15) is 0 Å². The summed E-state index contributed by atoms with van der Waals surface area (Å²) in [5.74, 6) is 0.316. The summed E-state index contributed by atoms with van der Waals surface area (Å²) in [6.07, 6.45) is 1.85. The van der Waals surface area contributed by atoms with E-state index < -0.39 is 9.84 Å². The average Bonchev–Trinajstić information content (AvgIpc) is 3.22. The highest BCUT2D eigenvalue weighted by Gasteiger charge is 2.49. The Bertz CT molecular complexity index is 799. The molecule has 3 fully saturated rings. The molecule has 4 rings (SSSR count). The van der Waals surface area contributed by atoms with E-state index in [2.05, 4.69) is 4.99 Å². The summed E-state index contributed by atoms with van der Waals surface area (Å²) >= 11 is 1.44. The summed E-state index contributed by atoms with van der Waals surface area (Å²) in [4.78, 5) is 18.4. The normalized spacial score (nSPS) is 30.7. The molecule has 2 atom stereocenters. The van der Waals surface area contributed by atoms with Gasteiger partial charge < -0.3 is 4.90 Å². The lowest BCUT2D eigenvalue weighted by Gasteiger charge is -2.26. The molecule has 1 aromatic carbocycles. The number of thioether (sulfide) groups is 1. The van der Waals surface area contributed by atoms with Gasteiger partial charge in [-0.3, -0.25) is 4.79 Å². The molecular weight excluding hydrogens is 332 g/mol. The van der Waals surface area contributed by atoms with Crippen molar-refractivity contribution in [2.45, 2.75) is 31.1 Å². The predicted molar refractivity (Wildman–Crippen MR) is 92.6 cm³/mol. The van der Waals surface area contributed by atoms with Crippen LogP contribution in [0.1, 0.15) is 18.4 Å². The summed E-state index contributed by atoms with van der Waals surface area (Å²) in [6.45, 7) is 2.00. The molecule has 0 unspecified atom stereocenters. The molecule has 3 aliphatic rings. The maximum absolute atomic E-state index is 12.1. The molecule has 0 spiro atoms. The van der Waals surface area contributed by atoms with Gasteiger partial charge in [0.15, 0.2) is 15.0 Å². The Balaban J connectivity index is 1.75. The Morgan fingerprint density at radius 3 is 2.70 bits per heavy atom. The lowest BCUT2D eigenvalue weighted by molar-refractivity contribution is -0.118. The van der Waals surface area contributed by atoms with Crippen LogP contribution in [-0.4, -0.2) is 42.3 Å². The van der Waals surface area contributed by atoms with Gasteiger partial charge in [-0.15, -0.1) is 0 Å². The molecule has 0 aromatic heterocycles. The SMILES string of the molecule is Cc1ccccc1N1C(=NC(=O)C2CC2)S[C@H]2CS(=O)(=O)C[C@@H]21. The summed E-state index contributed by atoms with van der Waals surface area (Å²) < 4.78 is 24.0. The molecule has 0 bridgehead atoms. The van der Waals surface area contributed by atoms with Crippen LogP contribution in [0, 0.1) is 12.8 Å². The Labute approximate surface area is 140 Å². The lowest BCUT2D eigenvalue weighted by atomic mass is 10.1. The van der Waals surface area contributed by atoms with Crippen LogP contribution in [0.3, 0.4) is 0 Å². The molecule has 0 N–H and O–H groups in total. The van der Waals surface area contributed by atoms with Gasteiger partial charge in [0, 0.05) is 16.9 Å². The number of sulfone groups is 1. The zero-order chi connectivity index (χ0) is 16.2. The molecule has 1 aromatic rings. The fourth-order valence-corrected chi connectivity index (χ4v) is 7.11. The number of aliphatic imine (C=N–C) groups is 1. The first-order valence-electron chi connectivity index (χ1n) is 7.79. The first kappa shape index (κ1) is 15.2. The number of amides is 1. The maximum atomic E-state index is 12.1. The standard InChI is InChI=1S/C16H18N2O3S2/c1-10-4-2-3-5-12(10)18-13-8-23(20,21)9-14(13)22-16(18)17-15(19)11-6-7-11/h2-5,11,13-14H,6-9H2,1H3/t13-,14-/m0/s1. The number of hydrogen-bond acceptors (Lipinski definition) is 4. The number of carbonyl (C=O) groups is 1. The maximum Gasteiger partial charge on any atom is 0.251 e. The van der Waals surface area contributed by atoms with Crippen LogP contribution in [-0.2, 0) is 14.6 Å². The second-order valence-electron chi connectivity index (χ2n) is 6.46. The minimum absolute atomic E-state index is 0.0367. The van der Waals surface area contributed by atoms with E-state index in [0.29, 0.717) is 5.17 Å². The van der Waals surface area contributed by atoms with Crippen LogP contribution in [0.15, 0.2) is 29.3 Å². The number of rotatable bonds is 2. The summed E-state index contributed by atoms with van der Waals surface area (Å²) in [5.41, 5.74) is 2.01. The second-order valence-corrected chi connectivity index (χ2v) is 9.82. The molecule has 1 amide bonds. The van der Waals surface area contributed by atoms with Crippen molar-refractivity contribution in [2.24, 2.45) is 10.9 Å². The highest BCUT2D eigenvalue weighted by atomic mass is 32.2. The zero-order valence-corrected chi connectivity index (χ0v) is 14.4. The highest BCUT2D eigenvalue weighted by Crippen LogP contribution is 2.42. The molecule has 0 radical (unpaired) electrons. The number of amidine groups is 1. The van der Waals surface area contributed by atoms with Crippen LogP contribution in [0.25, 0.3) is 0 Å². The Morgan fingerprint density at radius 2 is 2.00 bits per heavy atom. The third-order valence-electron chi connectivity index (χ3n) is 4.57. The van der Waals surface area contributed by atoms with Gasteiger partial charge in [-0.1, -0.05) is 30.0 Å². The van der Waals surface area contributed by atoms with E-state index in [4.69, 9.17) is 0 Å². The third kappa shape index (κ3) is 2.80. The fraction of sp³-hybridized carbons (Fsp3) is 0.500. The molecule has 23 heavy (non-hydrogen) atoms.